The average Bonchev–Trinajstić information content (AvgIpc) is 2.85. The topological polar surface area (TPSA) is 30.5 Å². The van der Waals surface area contributed by atoms with E-state index in [0.29, 0.717) is 6.61 Å². The maximum atomic E-state index is 5.86. The second-order valence-corrected chi connectivity index (χ2v) is 5.71. The Morgan fingerprint density at radius 3 is 2.47 bits per heavy atom. The fraction of sp³-hybridized carbons (Fsp3) is 0.286. The largest absolute Gasteiger partial charge is 0.497 e. The van der Waals surface area contributed by atoms with Crippen molar-refractivity contribution in [1.82, 2.24) is 5.32 Å². The number of halogens is 1. The molecule has 0 aliphatic carbocycles. The van der Waals surface area contributed by atoms with Crippen molar-refractivity contribution in [3.05, 3.63) is 45.6 Å². The second kappa shape index (κ2) is 7.38. The van der Waals surface area contributed by atoms with Crippen LogP contribution in [-0.2, 0) is 6.54 Å². The highest BCUT2D eigenvalue weighted by Gasteiger charge is 1.98. The van der Waals surface area contributed by atoms with Crippen molar-refractivity contribution in [3.8, 4) is 11.5 Å². The number of hydrogen-bond donors (Lipinski definition) is 1. The van der Waals surface area contributed by atoms with E-state index in [-0.39, 0.29) is 0 Å². The molecule has 0 aliphatic heterocycles. The number of benzene rings is 1. The Labute approximate surface area is 122 Å². The standard InChI is InChI=1S/C14H16ClNO2S/c1-17-11-2-4-12(5-3-11)18-9-8-16-10-13-6-7-14(15)19-13/h2-7,16H,8-10H2,1H3. The maximum absolute atomic E-state index is 5.86. The van der Waals surface area contributed by atoms with Crippen molar-refractivity contribution < 1.29 is 9.47 Å². The number of hydrogen-bond acceptors (Lipinski definition) is 4. The molecule has 0 saturated carbocycles. The zero-order valence-electron chi connectivity index (χ0n) is 10.7. The third-order valence-electron chi connectivity index (χ3n) is 2.54. The zero-order chi connectivity index (χ0) is 13.5. The summed E-state index contributed by atoms with van der Waals surface area (Å²) in [6.45, 7) is 2.25. The molecular formula is C14H16ClNO2S. The fourth-order valence-corrected chi connectivity index (χ4v) is 2.63. The zero-order valence-corrected chi connectivity index (χ0v) is 12.3. The molecule has 0 amide bonds. The Kier molecular flexibility index (Phi) is 5.51. The van der Waals surface area contributed by atoms with Gasteiger partial charge in [-0.1, -0.05) is 11.6 Å². The van der Waals surface area contributed by atoms with Crippen LogP contribution in [0.1, 0.15) is 4.88 Å². The first-order valence-corrected chi connectivity index (χ1v) is 7.19. The molecule has 0 atom stereocenters. The minimum atomic E-state index is 0.630. The Morgan fingerprint density at radius 1 is 1.11 bits per heavy atom. The Hall–Kier alpha value is -1.23. The minimum absolute atomic E-state index is 0.630. The van der Waals surface area contributed by atoms with Gasteiger partial charge in [0.15, 0.2) is 0 Å². The normalized spacial score (nSPS) is 10.4. The lowest BCUT2D eigenvalue weighted by Gasteiger charge is -2.07. The first-order valence-electron chi connectivity index (χ1n) is 6.00. The first-order chi connectivity index (χ1) is 9.28. The van der Waals surface area contributed by atoms with E-state index in [1.807, 2.05) is 36.4 Å². The quantitative estimate of drug-likeness (QED) is 0.793. The van der Waals surface area contributed by atoms with Crippen LogP contribution < -0.4 is 14.8 Å². The summed E-state index contributed by atoms with van der Waals surface area (Å²) >= 11 is 7.46. The van der Waals surface area contributed by atoms with Crippen LogP contribution in [0, 0.1) is 0 Å². The van der Waals surface area contributed by atoms with Gasteiger partial charge in [-0.3, -0.25) is 0 Å². The predicted octanol–water partition coefficient (Wildman–Crippen LogP) is 3.58. The van der Waals surface area contributed by atoms with E-state index in [1.54, 1.807) is 18.4 Å². The smallest absolute Gasteiger partial charge is 0.119 e. The molecule has 1 N–H and O–H groups in total. The lowest BCUT2D eigenvalue weighted by atomic mass is 10.3. The number of thiophene rings is 1. The summed E-state index contributed by atoms with van der Waals surface area (Å²) in [5, 5.41) is 3.31. The van der Waals surface area contributed by atoms with Crippen molar-refractivity contribution >= 4 is 22.9 Å². The highest BCUT2D eigenvalue weighted by atomic mass is 35.5. The summed E-state index contributed by atoms with van der Waals surface area (Å²) in [7, 11) is 1.65. The maximum Gasteiger partial charge on any atom is 0.119 e. The SMILES string of the molecule is COc1ccc(OCCNCc2ccc(Cl)s2)cc1. The van der Waals surface area contributed by atoms with Gasteiger partial charge in [0.25, 0.3) is 0 Å². The number of methoxy groups -OCH3 is 1. The summed E-state index contributed by atoms with van der Waals surface area (Å²) in [4.78, 5) is 1.23. The highest BCUT2D eigenvalue weighted by Crippen LogP contribution is 2.21. The summed E-state index contributed by atoms with van der Waals surface area (Å²) in [6, 6.07) is 11.5. The summed E-state index contributed by atoms with van der Waals surface area (Å²) in [5.41, 5.74) is 0. The van der Waals surface area contributed by atoms with Crippen LogP contribution in [0.25, 0.3) is 0 Å². The van der Waals surface area contributed by atoms with E-state index in [9.17, 15) is 0 Å². The molecule has 102 valence electrons. The van der Waals surface area contributed by atoms with E-state index in [4.69, 9.17) is 21.1 Å². The van der Waals surface area contributed by atoms with Crippen molar-refractivity contribution in [2.75, 3.05) is 20.3 Å². The summed E-state index contributed by atoms with van der Waals surface area (Å²) in [6.07, 6.45) is 0. The van der Waals surface area contributed by atoms with Crippen LogP contribution >= 0.6 is 22.9 Å². The molecule has 0 unspecified atom stereocenters. The van der Waals surface area contributed by atoms with Crippen LogP contribution in [0.5, 0.6) is 11.5 Å². The molecule has 2 rings (SSSR count). The van der Waals surface area contributed by atoms with Gasteiger partial charge < -0.3 is 14.8 Å². The Bertz CT molecular complexity index is 498. The van der Waals surface area contributed by atoms with Crippen LogP contribution in [0.15, 0.2) is 36.4 Å². The first kappa shape index (κ1) is 14.2. The van der Waals surface area contributed by atoms with Gasteiger partial charge in [-0.15, -0.1) is 11.3 Å². The van der Waals surface area contributed by atoms with Crippen molar-refractivity contribution in [1.29, 1.82) is 0 Å². The molecule has 19 heavy (non-hydrogen) atoms. The molecule has 1 aromatic heterocycles. The van der Waals surface area contributed by atoms with E-state index >= 15 is 0 Å². The number of nitrogens with one attached hydrogen (secondary N) is 1. The second-order valence-electron chi connectivity index (χ2n) is 3.91. The van der Waals surface area contributed by atoms with Crippen molar-refractivity contribution in [3.63, 3.8) is 0 Å². The lowest BCUT2D eigenvalue weighted by molar-refractivity contribution is 0.313. The molecule has 0 fully saturated rings. The van der Waals surface area contributed by atoms with Crippen molar-refractivity contribution in [2.24, 2.45) is 0 Å². The summed E-state index contributed by atoms with van der Waals surface area (Å²) < 4.78 is 11.5. The fourth-order valence-electron chi connectivity index (χ4n) is 1.57. The van der Waals surface area contributed by atoms with Gasteiger partial charge in [0.05, 0.1) is 11.4 Å². The molecule has 3 nitrogen and oxygen atoms in total. The average molecular weight is 298 g/mol. The molecule has 0 radical (unpaired) electrons. The molecule has 0 aliphatic rings. The van der Waals surface area contributed by atoms with Gasteiger partial charge in [-0.2, -0.15) is 0 Å². The third-order valence-corrected chi connectivity index (χ3v) is 3.77. The number of rotatable bonds is 7. The van der Waals surface area contributed by atoms with Gasteiger partial charge in [-0.05, 0) is 36.4 Å². The summed E-state index contributed by atoms with van der Waals surface area (Å²) in [5.74, 6) is 1.68. The lowest BCUT2D eigenvalue weighted by Crippen LogP contribution is -2.20. The molecule has 5 heteroatoms. The molecule has 0 saturated heterocycles. The van der Waals surface area contributed by atoms with Gasteiger partial charge in [0.1, 0.15) is 18.1 Å². The van der Waals surface area contributed by atoms with Crippen LogP contribution in [0.2, 0.25) is 4.34 Å². The van der Waals surface area contributed by atoms with Crippen molar-refractivity contribution in [2.45, 2.75) is 6.54 Å². The molecule has 1 aromatic carbocycles. The minimum Gasteiger partial charge on any atom is -0.497 e. The Balaban J connectivity index is 1.63. The van der Waals surface area contributed by atoms with E-state index in [2.05, 4.69) is 5.32 Å². The third kappa shape index (κ3) is 4.74. The van der Waals surface area contributed by atoms with E-state index < -0.39 is 0 Å². The van der Waals surface area contributed by atoms with E-state index in [1.165, 1.54) is 4.88 Å². The van der Waals surface area contributed by atoms with Gasteiger partial charge in [0.2, 0.25) is 0 Å². The van der Waals surface area contributed by atoms with Crippen LogP contribution in [-0.4, -0.2) is 20.3 Å². The monoisotopic (exact) mass is 297 g/mol. The molecule has 0 bridgehead atoms. The molecule has 0 spiro atoms. The Morgan fingerprint density at radius 2 is 1.84 bits per heavy atom. The molecule has 2 aromatic rings. The predicted molar refractivity (Wildman–Crippen MR) is 79.5 cm³/mol. The van der Waals surface area contributed by atoms with Gasteiger partial charge >= 0.3 is 0 Å². The van der Waals surface area contributed by atoms with Gasteiger partial charge in [-0.25, -0.2) is 0 Å². The van der Waals surface area contributed by atoms with Crippen LogP contribution in [0.3, 0.4) is 0 Å². The highest BCUT2D eigenvalue weighted by molar-refractivity contribution is 7.16. The van der Waals surface area contributed by atoms with E-state index in [0.717, 1.165) is 28.9 Å². The molecular weight excluding hydrogens is 282 g/mol. The van der Waals surface area contributed by atoms with Gasteiger partial charge in [0, 0.05) is 18.0 Å². The number of ether oxygens (including phenoxy) is 2. The van der Waals surface area contributed by atoms with Crippen LogP contribution in [0.4, 0.5) is 0 Å². The molecule has 1 heterocycles.